The van der Waals surface area contributed by atoms with Crippen LogP contribution in [0.4, 0.5) is 0 Å². The molecule has 0 heterocycles. The van der Waals surface area contributed by atoms with E-state index in [-0.39, 0.29) is 32.2 Å². The van der Waals surface area contributed by atoms with Crippen LogP contribution in [0.25, 0.3) is 6.15 Å². The van der Waals surface area contributed by atoms with Gasteiger partial charge in [-0.05, 0) is 0 Å². The van der Waals surface area contributed by atoms with E-state index in [4.69, 9.17) is 9.90 Å². The van der Waals surface area contributed by atoms with Crippen LogP contribution in [0.15, 0.2) is 0 Å². The topological polar surface area (TPSA) is 99.7 Å². The zero-order valence-electron chi connectivity index (χ0n) is 3.89. The summed E-state index contributed by atoms with van der Waals surface area (Å²) >= 11 is 0. The number of nitrogens with two attached hydrogens (primary N) is 2. The van der Waals surface area contributed by atoms with Gasteiger partial charge in [0.05, 0.1) is 5.97 Å². The Labute approximate surface area is 54.4 Å². The first-order valence-corrected chi connectivity index (χ1v) is 1.17. The molecule has 0 aromatic heterocycles. The predicted octanol–water partition coefficient (Wildman–Crippen LogP) is -1.59. The first kappa shape index (κ1) is 15.7. The molecule has 0 bridgehead atoms. The molecule has 0 aromatic carbocycles. The van der Waals surface area contributed by atoms with Gasteiger partial charge in [-0.3, -0.25) is 0 Å². The van der Waals surface area contributed by atoms with Crippen molar-refractivity contribution in [2.24, 2.45) is 5.73 Å². The molecule has 0 amide bonds. The zero-order chi connectivity index (χ0) is 4.28. The quantitative estimate of drug-likeness (QED) is 0.462. The molecule has 0 saturated carbocycles. The third-order valence-electron chi connectivity index (χ3n) is 0.167. The van der Waals surface area contributed by atoms with E-state index in [1.54, 1.807) is 0 Å². The Balaban J connectivity index is -0.0000000800. The monoisotopic (exact) mass is 154 g/mol. The van der Waals surface area contributed by atoms with E-state index in [9.17, 15) is 0 Å². The number of aliphatic carboxylic acids is 1. The molecule has 4 N–H and O–H groups in total. The van der Waals surface area contributed by atoms with E-state index < -0.39 is 5.97 Å². The van der Waals surface area contributed by atoms with E-state index in [1.165, 1.54) is 0 Å². The Morgan fingerprint density at radius 1 is 1.71 bits per heavy atom. The molecular weight excluding hydrogens is 149 g/mol. The largest absolute Gasteiger partial charge is 2.00 e. The molecule has 0 radical (unpaired) electrons. The van der Waals surface area contributed by atoms with Crippen LogP contribution in [0.1, 0.15) is 0 Å². The fraction of sp³-hybridized carbons (Fsp3) is 0.500. The van der Waals surface area contributed by atoms with Gasteiger partial charge in [-0.15, -0.1) is 0 Å². The van der Waals surface area contributed by atoms with Gasteiger partial charge in [0.25, 0.3) is 0 Å². The molecule has 0 aromatic rings. The number of hydrogen-bond donors (Lipinski definition) is 1. The number of hydrogen-bond acceptors (Lipinski definition) is 3. The molecule has 7 heavy (non-hydrogen) atoms. The molecule has 0 unspecified atom stereocenters. The Morgan fingerprint density at radius 3 is 1.86 bits per heavy atom. The van der Waals surface area contributed by atoms with Crippen LogP contribution in [0.2, 0.25) is 0 Å². The van der Waals surface area contributed by atoms with Gasteiger partial charge in [-0.1, -0.05) is 0 Å². The molecule has 0 aliphatic heterocycles. The smallest absolute Gasteiger partial charge is 0.693 e. The van der Waals surface area contributed by atoms with Crippen LogP contribution in [-0.2, 0) is 24.3 Å². The van der Waals surface area contributed by atoms with Crippen molar-refractivity contribution < 1.29 is 29.4 Å². The van der Waals surface area contributed by atoms with E-state index >= 15 is 0 Å². The minimum absolute atomic E-state index is 0. The van der Waals surface area contributed by atoms with E-state index in [2.05, 4.69) is 5.73 Å². The fourth-order valence-corrected chi connectivity index (χ4v) is 0. The van der Waals surface area contributed by atoms with Gasteiger partial charge in [0.15, 0.2) is 0 Å². The molecule has 0 atom stereocenters. The Morgan fingerprint density at radius 2 is 1.86 bits per heavy atom. The third-order valence-corrected chi connectivity index (χ3v) is 0.167. The maximum Gasteiger partial charge on any atom is 2.00 e. The Bertz CT molecular complexity index is 49.0. The van der Waals surface area contributed by atoms with Gasteiger partial charge in [0.2, 0.25) is 0 Å². The normalized spacial score (nSPS) is 5.29. The maximum absolute atomic E-state index is 9.13. The van der Waals surface area contributed by atoms with E-state index in [1.807, 2.05) is 0 Å². The molecular formula is C2H6N2O2Zn. The molecule has 0 fully saturated rings. The maximum atomic E-state index is 9.13. The standard InChI is InChI=1S/C2H5NO2.H2N.Zn/c3-1-2(4)5;;/h1,3H2,(H,4,5);1H2;/q;-1;+2/p-1. The second-order valence-electron chi connectivity index (χ2n) is 0.576. The second-order valence-corrected chi connectivity index (χ2v) is 0.576. The van der Waals surface area contributed by atoms with Crippen molar-refractivity contribution in [1.29, 1.82) is 0 Å². The van der Waals surface area contributed by atoms with Crippen molar-refractivity contribution in [3.05, 3.63) is 6.15 Å². The molecule has 0 rings (SSSR count). The SMILES string of the molecule is NCC(=O)[O-].[NH2-].[Zn+2]. The number of carboxylic acids is 1. The summed E-state index contributed by atoms with van der Waals surface area (Å²) < 4.78 is 0. The summed E-state index contributed by atoms with van der Waals surface area (Å²) in [4.78, 5) is 9.13. The van der Waals surface area contributed by atoms with Gasteiger partial charge in [0.1, 0.15) is 0 Å². The summed E-state index contributed by atoms with van der Waals surface area (Å²) in [6.07, 6.45) is 0. The summed E-state index contributed by atoms with van der Waals surface area (Å²) in [5.41, 5.74) is 4.51. The van der Waals surface area contributed by atoms with Crippen molar-refractivity contribution >= 4 is 5.97 Å². The molecule has 0 aliphatic rings. The van der Waals surface area contributed by atoms with Gasteiger partial charge in [-0.2, -0.15) is 0 Å². The van der Waals surface area contributed by atoms with Gasteiger partial charge >= 0.3 is 19.5 Å². The number of carbonyl (C=O) groups is 1. The fourth-order valence-electron chi connectivity index (χ4n) is 0. The van der Waals surface area contributed by atoms with Gasteiger partial charge in [0, 0.05) is 6.54 Å². The van der Waals surface area contributed by atoms with Crippen LogP contribution in [-0.4, -0.2) is 12.5 Å². The summed E-state index contributed by atoms with van der Waals surface area (Å²) in [5.74, 6) is -1.22. The predicted molar refractivity (Wildman–Crippen MR) is 19.3 cm³/mol. The Kier molecular flexibility index (Phi) is 21.1. The summed E-state index contributed by atoms with van der Waals surface area (Å²) in [6.45, 7) is -0.389. The van der Waals surface area contributed by atoms with Crippen molar-refractivity contribution in [3.63, 3.8) is 0 Å². The molecule has 4 nitrogen and oxygen atoms in total. The summed E-state index contributed by atoms with van der Waals surface area (Å²) in [7, 11) is 0. The number of rotatable bonds is 1. The van der Waals surface area contributed by atoms with Crippen molar-refractivity contribution in [3.8, 4) is 0 Å². The van der Waals surface area contributed by atoms with Gasteiger partial charge < -0.3 is 21.8 Å². The van der Waals surface area contributed by atoms with Crippen LogP contribution in [0.3, 0.4) is 0 Å². The average Bonchev–Trinajstić information content (AvgIpc) is 1.38. The minimum Gasteiger partial charge on any atom is -0.693 e. The van der Waals surface area contributed by atoms with Crippen molar-refractivity contribution in [2.75, 3.05) is 6.54 Å². The average molecular weight is 155 g/mol. The summed E-state index contributed by atoms with van der Waals surface area (Å²) in [5, 5.41) is 9.13. The molecule has 0 saturated heterocycles. The first-order valence-electron chi connectivity index (χ1n) is 1.17. The molecule has 0 spiro atoms. The van der Waals surface area contributed by atoms with Crippen LogP contribution in [0, 0.1) is 0 Å². The number of carboxylic acid groups (broad SMARTS) is 1. The van der Waals surface area contributed by atoms with Crippen LogP contribution in [0.5, 0.6) is 0 Å². The Hall–Kier alpha value is 0.0134. The van der Waals surface area contributed by atoms with Crippen LogP contribution < -0.4 is 10.8 Å². The van der Waals surface area contributed by atoms with Crippen molar-refractivity contribution in [2.45, 2.75) is 0 Å². The zero-order valence-corrected chi connectivity index (χ0v) is 6.85. The first-order chi connectivity index (χ1) is 2.27. The number of carbonyl (C=O) groups excluding carboxylic acids is 1. The molecule has 0 aliphatic carbocycles. The van der Waals surface area contributed by atoms with E-state index in [0.717, 1.165) is 0 Å². The van der Waals surface area contributed by atoms with Crippen molar-refractivity contribution in [1.82, 2.24) is 0 Å². The second kappa shape index (κ2) is 9.38. The van der Waals surface area contributed by atoms with Crippen LogP contribution >= 0.6 is 0 Å². The van der Waals surface area contributed by atoms with E-state index in [0.29, 0.717) is 0 Å². The molecule has 38 valence electrons. The third kappa shape index (κ3) is 23.9. The molecule has 5 heteroatoms. The van der Waals surface area contributed by atoms with Gasteiger partial charge in [-0.25, -0.2) is 0 Å². The summed E-state index contributed by atoms with van der Waals surface area (Å²) in [6, 6.07) is 0. The minimum atomic E-state index is -1.22.